The Morgan fingerprint density at radius 3 is 2.77 bits per heavy atom. The quantitative estimate of drug-likeness (QED) is 0.634. The van der Waals surface area contributed by atoms with E-state index in [1.165, 1.54) is 12.8 Å². The molecule has 1 aromatic rings. The smallest absolute Gasteiger partial charge is 0.284 e. The van der Waals surface area contributed by atoms with E-state index >= 15 is 0 Å². The normalized spacial score (nSPS) is 10.5. The van der Waals surface area contributed by atoms with Crippen LogP contribution in [0.15, 0.2) is 6.33 Å². The maximum atomic E-state index is 4.18. The molecule has 0 saturated heterocycles. The molecule has 0 unspecified atom stereocenters. The number of aryl methyl sites for hydroxylation is 2. The molecule has 0 fully saturated rings. The van der Waals surface area contributed by atoms with E-state index < -0.39 is 0 Å². The van der Waals surface area contributed by atoms with E-state index in [9.17, 15) is 0 Å². The summed E-state index contributed by atoms with van der Waals surface area (Å²) >= 11 is 0. The number of nitrogens with zero attached hydrogens (tertiary/aromatic N) is 4. The monoisotopic (exact) mass is 183 g/mol. The Balaban J connectivity index is 2.69. The summed E-state index contributed by atoms with van der Waals surface area (Å²) < 4.78 is 3.94. The standard InChI is InChI=1S/C9H19N4/c1-5-6-7-11(2)9-12(3)8-10-13(9)4/h8H,5-7H2,1-4H3/q+1. The third-order valence-electron chi connectivity index (χ3n) is 2.19. The van der Waals surface area contributed by atoms with Gasteiger partial charge in [0.25, 0.3) is 0 Å². The number of aromatic nitrogens is 3. The van der Waals surface area contributed by atoms with Crippen LogP contribution in [0.1, 0.15) is 19.8 Å². The summed E-state index contributed by atoms with van der Waals surface area (Å²) in [6.45, 7) is 3.29. The topological polar surface area (TPSA) is 24.9 Å². The zero-order chi connectivity index (χ0) is 9.84. The lowest BCUT2D eigenvalue weighted by molar-refractivity contribution is -0.659. The molecule has 0 spiro atoms. The Hall–Kier alpha value is -1.06. The summed E-state index contributed by atoms with van der Waals surface area (Å²) in [7, 11) is 6.09. The fourth-order valence-corrected chi connectivity index (χ4v) is 1.50. The van der Waals surface area contributed by atoms with Crippen molar-refractivity contribution in [3.63, 3.8) is 0 Å². The predicted octanol–water partition coefficient (Wildman–Crippen LogP) is 0.481. The average Bonchev–Trinajstić information content (AvgIpc) is 2.42. The molecular formula is C9H19N4+. The molecule has 0 aromatic carbocycles. The van der Waals surface area contributed by atoms with Crippen LogP contribution in [0.4, 0.5) is 5.95 Å². The molecule has 4 nitrogen and oxygen atoms in total. The highest BCUT2D eigenvalue weighted by Crippen LogP contribution is 2.03. The van der Waals surface area contributed by atoms with Crippen LogP contribution < -0.4 is 9.47 Å². The summed E-state index contributed by atoms with van der Waals surface area (Å²) in [5.41, 5.74) is 0. The summed E-state index contributed by atoms with van der Waals surface area (Å²) in [5.74, 6) is 1.15. The fourth-order valence-electron chi connectivity index (χ4n) is 1.50. The molecule has 0 aliphatic heterocycles. The van der Waals surface area contributed by atoms with E-state index in [1.54, 1.807) is 0 Å². The van der Waals surface area contributed by atoms with Crippen LogP contribution in [0.3, 0.4) is 0 Å². The van der Waals surface area contributed by atoms with Crippen molar-refractivity contribution in [3.8, 4) is 0 Å². The van der Waals surface area contributed by atoms with E-state index in [-0.39, 0.29) is 0 Å². The molecule has 0 amide bonds. The fraction of sp³-hybridized carbons (Fsp3) is 0.778. The highest BCUT2D eigenvalue weighted by Gasteiger charge is 2.16. The Bertz CT molecular complexity index is 247. The number of hydrogen-bond donors (Lipinski definition) is 0. The highest BCUT2D eigenvalue weighted by molar-refractivity contribution is 5.20. The third-order valence-corrected chi connectivity index (χ3v) is 2.19. The van der Waals surface area contributed by atoms with E-state index in [2.05, 4.69) is 24.0 Å². The van der Waals surface area contributed by atoms with Crippen LogP contribution in [0, 0.1) is 0 Å². The second-order valence-corrected chi connectivity index (χ2v) is 3.44. The van der Waals surface area contributed by atoms with E-state index in [1.807, 2.05) is 29.7 Å². The van der Waals surface area contributed by atoms with Crippen molar-refractivity contribution in [1.29, 1.82) is 0 Å². The Kier molecular flexibility index (Phi) is 3.28. The molecule has 0 N–H and O–H groups in total. The van der Waals surface area contributed by atoms with Crippen LogP contribution in [0.2, 0.25) is 0 Å². The van der Waals surface area contributed by atoms with Gasteiger partial charge in [0.2, 0.25) is 6.33 Å². The lowest BCUT2D eigenvalue weighted by Gasteiger charge is -2.12. The van der Waals surface area contributed by atoms with E-state index in [4.69, 9.17) is 0 Å². The second-order valence-electron chi connectivity index (χ2n) is 3.44. The molecule has 74 valence electrons. The van der Waals surface area contributed by atoms with Gasteiger partial charge in [0.05, 0.1) is 20.6 Å². The Labute approximate surface area is 79.8 Å². The number of unbranched alkanes of at least 4 members (excludes halogenated alkanes) is 1. The van der Waals surface area contributed by atoms with Crippen molar-refractivity contribution in [2.45, 2.75) is 19.8 Å². The zero-order valence-electron chi connectivity index (χ0n) is 8.99. The van der Waals surface area contributed by atoms with Gasteiger partial charge in [0, 0.05) is 7.05 Å². The molecule has 4 heteroatoms. The van der Waals surface area contributed by atoms with E-state index in [0.717, 1.165) is 12.5 Å². The number of hydrogen-bond acceptors (Lipinski definition) is 2. The van der Waals surface area contributed by atoms with Crippen molar-refractivity contribution in [2.24, 2.45) is 14.1 Å². The second kappa shape index (κ2) is 4.25. The lowest BCUT2D eigenvalue weighted by Crippen LogP contribution is -2.37. The number of rotatable bonds is 4. The summed E-state index contributed by atoms with van der Waals surface area (Å²) in [6.07, 6.45) is 4.28. The van der Waals surface area contributed by atoms with Gasteiger partial charge in [-0.2, -0.15) is 0 Å². The van der Waals surface area contributed by atoms with Gasteiger partial charge in [-0.15, -0.1) is 4.68 Å². The van der Waals surface area contributed by atoms with Gasteiger partial charge in [0.1, 0.15) is 0 Å². The first kappa shape index (κ1) is 10.0. The summed E-state index contributed by atoms with van der Waals surface area (Å²) in [6, 6.07) is 0. The Morgan fingerprint density at radius 2 is 2.31 bits per heavy atom. The van der Waals surface area contributed by atoms with Crippen molar-refractivity contribution in [1.82, 2.24) is 9.78 Å². The molecule has 1 heterocycles. The molecule has 1 rings (SSSR count). The summed E-state index contributed by atoms with van der Waals surface area (Å²) in [5, 5.41) is 4.18. The average molecular weight is 183 g/mol. The molecule has 13 heavy (non-hydrogen) atoms. The van der Waals surface area contributed by atoms with Crippen molar-refractivity contribution in [3.05, 3.63) is 6.33 Å². The van der Waals surface area contributed by atoms with Crippen LogP contribution >= 0.6 is 0 Å². The summed E-state index contributed by atoms with van der Waals surface area (Å²) in [4.78, 5) is 2.23. The van der Waals surface area contributed by atoms with Crippen molar-refractivity contribution in [2.75, 3.05) is 18.5 Å². The van der Waals surface area contributed by atoms with Crippen molar-refractivity contribution < 1.29 is 4.57 Å². The molecule has 0 bridgehead atoms. The zero-order valence-corrected chi connectivity index (χ0v) is 8.99. The first-order valence-corrected chi connectivity index (χ1v) is 4.75. The van der Waals surface area contributed by atoms with Gasteiger partial charge in [-0.05, 0) is 11.5 Å². The largest absolute Gasteiger partial charge is 0.346 e. The van der Waals surface area contributed by atoms with Crippen LogP contribution in [0.5, 0.6) is 0 Å². The minimum atomic E-state index is 1.09. The maximum absolute atomic E-state index is 4.18. The molecule has 0 radical (unpaired) electrons. The Morgan fingerprint density at radius 1 is 1.62 bits per heavy atom. The molecule has 1 aromatic heterocycles. The van der Waals surface area contributed by atoms with Gasteiger partial charge < -0.3 is 0 Å². The first-order valence-electron chi connectivity index (χ1n) is 4.75. The predicted molar refractivity (Wildman–Crippen MR) is 52.6 cm³/mol. The van der Waals surface area contributed by atoms with Gasteiger partial charge in [-0.1, -0.05) is 13.3 Å². The highest BCUT2D eigenvalue weighted by atomic mass is 15.4. The lowest BCUT2D eigenvalue weighted by atomic mass is 10.3. The minimum Gasteiger partial charge on any atom is -0.284 e. The minimum absolute atomic E-state index is 1.09. The molecule has 0 aliphatic rings. The van der Waals surface area contributed by atoms with Crippen LogP contribution in [-0.2, 0) is 14.1 Å². The SMILES string of the molecule is CCCCN(C)c1n(C)nc[n+]1C. The van der Waals surface area contributed by atoms with Gasteiger partial charge in [0.15, 0.2) is 0 Å². The molecule has 0 saturated carbocycles. The molecular weight excluding hydrogens is 164 g/mol. The van der Waals surface area contributed by atoms with Crippen LogP contribution in [-0.4, -0.2) is 23.4 Å². The molecule has 0 atom stereocenters. The van der Waals surface area contributed by atoms with Crippen LogP contribution in [0.25, 0.3) is 0 Å². The number of anilines is 1. The van der Waals surface area contributed by atoms with Crippen molar-refractivity contribution >= 4 is 5.95 Å². The first-order chi connectivity index (χ1) is 6.16. The van der Waals surface area contributed by atoms with Gasteiger partial charge in [-0.3, -0.25) is 4.90 Å². The molecule has 0 aliphatic carbocycles. The van der Waals surface area contributed by atoms with Gasteiger partial charge in [-0.25, -0.2) is 4.57 Å². The third kappa shape index (κ3) is 2.20. The van der Waals surface area contributed by atoms with Gasteiger partial charge >= 0.3 is 5.95 Å². The van der Waals surface area contributed by atoms with E-state index in [0.29, 0.717) is 0 Å². The maximum Gasteiger partial charge on any atom is 0.346 e.